The van der Waals surface area contributed by atoms with Crippen molar-refractivity contribution >= 4 is 27.3 Å². The van der Waals surface area contributed by atoms with Crippen molar-refractivity contribution in [3.05, 3.63) is 24.3 Å². The number of nitrogens with one attached hydrogen (secondary N) is 2. The molecule has 130 valence electrons. The number of nitrogens with zero attached hydrogens (tertiary/aromatic N) is 1. The molecule has 1 rings (SSSR count). The van der Waals surface area contributed by atoms with E-state index in [-0.39, 0.29) is 18.2 Å². The van der Waals surface area contributed by atoms with Gasteiger partial charge < -0.3 is 10.2 Å². The predicted molar refractivity (Wildman–Crippen MR) is 95.3 cm³/mol. The van der Waals surface area contributed by atoms with E-state index in [2.05, 4.69) is 28.8 Å². The van der Waals surface area contributed by atoms with Gasteiger partial charge >= 0.3 is 0 Å². The summed E-state index contributed by atoms with van der Waals surface area (Å²) in [5.41, 5.74) is 1.74. The number of hydrogen-bond acceptors (Lipinski definition) is 4. The minimum atomic E-state index is -3.37. The first-order valence-corrected chi connectivity index (χ1v) is 9.69. The van der Waals surface area contributed by atoms with Gasteiger partial charge in [-0.25, -0.2) is 13.1 Å². The maximum absolute atomic E-state index is 11.8. The van der Waals surface area contributed by atoms with Crippen molar-refractivity contribution in [2.75, 3.05) is 35.6 Å². The second kappa shape index (κ2) is 9.52. The average molecular weight is 341 g/mol. The molecule has 0 atom stereocenters. The van der Waals surface area contributed by atoms with Crippen LogP contribution in [0.1, 0.15) is 33.6 Å². The van der Waals surface area contributed by atoms with Gasteiger partial charge in [0.05, 0.1) is 12.3 Å². The van der Waals surface area contributed by atoms with Gasteiger partial charge in [0, 0.05) is 24.5 Å². The Balaban J connectivity index is 2.51. The first-order valence-electron chi connectivity index (χ1n) is 8.04. The Labute approximate surface area is 139 Å². The van der Waals surface area contributed by atoms with E-state index in [0.29, 0.717) is 12.1 Å². The van der Waals surface area contributed by atoms with E-state index < -0.39 is 10.0 Å². The SMILES string of the molecule is CCCCS(=O)(=O)NCC(=O)Nc1ccc(N(CC)CC)cc1. The molecule has 0 aliphatic carbocycles. The summed E-state index contributed by atoms with van der Waals surface area (Å²) in [6, 6.07) is 7.51. The molecule has 0 spiro atoms. The van der Waals surface area contributed by atoms with E-state index in [1.54, 1.807) is 0 Å². The van der Waals surface area contributed by atoms with Crippen LogP contribution in [0.15, 0.2) is 24.3 Å². The standard InChI is InChI=1S/C16H27N3O3S/c1-4-7-12-23(21,22)17-13-16(20)18-14-8-10-15(11-9-14)19(5-2)6-3/h8-11,17H,4-7,12-13H2,1-3H3,(H,18,20). The van der Waals surface area contributed by atoms with Crippen LogP contribution in [0.4, 0.5) is 11.4 Å². The monoisotopic (exact) mass is 341 g/mol. The Bertz CT molecular complexity index is 581. The van der Waals surface area contributed by atoms with E-state index in [0.717, 1.165) is 25.2 Å². The molecule has 1 aromatic rings. The lowest BCUT2D eigenvalue weighted by Gasteiger charge is -2.21. The average Bonchev–Trinajstić information content (AvgIpc) is 2.54. The summed E-state index contributed by atoms with van der Waals surface area (Å²) >= 11 is 0. The van der Waals surface area contributed by atoms with Crippen LogP contribution < -0.4 is 14.9 Å². The lowest BCUT2D eigenvalue weighted by atomic mass is 10.2. The van der Waals surface area contributed by atoms with E-state index in [4.69, 9.17) is 0 Å². The molecule has 0 aliphatic heterocycles. The number of carbonyl (C=O) groups is 1. The number of anilines is 2. The van der Waals surface area contributed by atoms with Crippen LogP contribution in [0.25, 0.3) is 0 Å². The fourth-order valence-electron chi connectivity index (χ4n) is 2.13. The highest BCUT2D eigenvalue weighted by atomic mass is 32.2. The van der Waals surface area contributed by atoms with Crippen LogP contribution in [0, 0.1) is 0 Å². The quantitative estimate of drug-likeness (QED) is 0.684. The Morgan fingerprint density at radius 1 is 1.09 bits per heavy atom. The van der Waals surface area contributed by atoms with Crippen molar-refractivity contribution in [3.8, 4) is 0 Å². The molecule has 6 nitrogen and oxygen atoms in total. The first kappa shape index (κ1) is 19.4. The Kier molecular flexibility index (Phi) is 8.05. The van der Waals surface area contributed by atoms with Crippen LogP contribution in [0.2, 0.25) is 0 Å². The lowest BCUT2D eigenvalue weighted by molar-refractivity contribution is -0.115. The zero-order valence-electron chi connectivity index (χ0n) is 14.1. The summed E-state index contributed by atoms with van der Waals surface area (Å²) in [5.74, 6) is -0.323. The second-order valence-corrected chi connectivity index (χ2v) is 7.19. The maximum Gasteiger partial charge on any atom is 0.239 e. The third-order valence-corrected chi connectivity index (χ3v) is 4.91. The third kappa shape index (κ3) is 7.00. The van der Waals surface area contributed by atoms with Crippen molar-refractivity contribution < 1.29 is 13.2 Å². The van der Waals surface area contributed by atoms with Crippen LogP contribution >= 0.6 is 0 Å². The number of sulfonamides is 1. The van der Waals surface area contributed by atoms with E-state index in [1.165, 1.54) is 0 Å². The van der Waals surface area contributed by atoms with Gasteiger partial charge in [-0.15, -0.1) is 0 Å². The highest BCUT2D eigenvalue weighted by molar-refractivity contribution is 7.89. The molecular weight excluding hydrogens is 314 g/mol. The molecule has 0 heterocycles. The molecule has 1 aromatic carbocycles. The lowest BCUT2D eigenvalue weighted by Crippen LogP contribution is -2.34. The van der Waals surface area contributed by atoms with Crippen LogP contribution in [-0.4, -0.2) is 39.7 Å². The molecule has 0 bridgehead atoms. The molecular formula is C16H27N3O3S. The summed E-state index contributed by atoms with van der Waals surface area (Å²) < 4.78 is 25.6. The topological polar surface area (TPSA) is 78.5 Å². The molecule has 0 aromatic heterocycles. The van der Waals surface area contributed by atoms with Crippen molar-refractivity contribution in [2.45, 2.75) is 33.6 Å². The number of benzene rings is 1. The van der Waals surface area contributed by atoms with Crippen molar-refractivity contribution in [2.24, 2.45) is 0 Å². The summed E-state index contributed by atoms with van der Waals surface area (Å²) in [6.07, 6.45) is 1.38. The van der Waals surface area contributed by atoms with E-state index >= 15 is 0 Å². The Morgan fingerprint density at radius 2 is 1.70 bits per heavy atom. The molecule has 0 saturated carbocycles. The number of rotatable bonds is 10. The van der Waals surface area contributed by atoms with Gasteiger partial charge in [-0.3, -0.25) is 4.79 Å². The van der Waals surface area contributed by atoms with Gasteiger partial charge in [-0.05, 0) is 44.5 Å². The first-order chi connectivity index (χ1) is 10.9. The summed E-state index contributed by atoms with van der Waals surface area (Å²) in [5, 5.41) is 2.69. The molecule has 23 heavy (non-hydrogen) atoms. The minimum absolute atomic E-state index is 0.0509. The van der Waals surface area contributed by atoms with Crippen LogP contribution in [0.3, 0.4) is 0 Å². The highest BCUT2D eigenvalue weighted by Gasteiger charge is 2.12. The van der Waals surface area contributed by atoms with Gasteiger partial charge in [0.2, 0.25) is 15.9 Å². The highest BCUT2D eigenvalue weighted by Crippen LogP contribution is 2.17. The van der Waals surface area contributed by atoms with Crippen LogP contribution in [0.5, 0.6) is 0 Å². The second-order valence-electron chi connectivity index (χ2n) is 5.26. The summed E-state index contributed by atoms with van der Waals surface area (Å²) in [7, 11) is -3.37. The zero-order chi connectivity index (χ0) is 17.3. The van der Waals surface area contributed by atoms with Gasteiger partial charge in [-0.2, -0.15) is 0 Å². The molecule has 0 aliphatic rings. The number of unbranched alkanes of at least 4 members (excludes halogenated alkanes) is 1. The fourth-order valence-corrected chi connectivity index (χ4v) is 3.30. The minimum Gasteiger partial charge on any atom is -0.372 e. The smallest absolute Gasteiger partial charge is 0.239 e. The van der Waals surface area contributed by atoms with Gasteiger partial charge in [0.15, 0.2) is 0 Å². The maximum atomic E-state index is 11.8. The fraction of sp³-hybridized carbons (Fsp3) is 0.562. The van der Waals surface area contributed by atoms with E-state index in [9.17, 15) is 13.2 Å². The molecule has 0 fully saturated rings. The Morgan fingerprint density at radius 3 is 2.22 bits per heavy atom. The van der Waals surface area contributed by atoms with Crippen molar-refractivity contribution in [1.29, 1.82) is 0 Å². The molecule has 2 N–H and O–H groups in total. The molecule has 7 heteroatoms. The number of hydrogen-bond donors (Lipinski definition) is 2. The molecule has 0 saturated heterocycles. The summed E-state index contributed by atoms with van der Waals surface area (Å²) in [4.78, 5) is 14.0. The number of amides is 1. The number of carbonyl (C=O) groups excluding carboxylic acids is 1. The largest absolute Gasteiger partial charge is 0.372 e. The summed E-state index contributed by atoms with van der Waals surface area (Å²) in [6.45, 7) is 7.69. The van der Waals surface area contributed by atoms with Gasteiger partial charge in [0.1, 0.15) is 0 Å². The van der Waals surface area contributed by atoms with Crippen molar-refractivity contribution in [1.82, 2.24) is 4.72 Å². The Hall–Kier alpha value is -1.60. The zero-order valence-corrected chi connectivity index (χ0v) is 14.9. The molecule has 1 amide bonds. The predicted octanol–water partition coefficient (Wildman–Crippen LogP) is 2.19. The molecule has 0 radical (unpaired) electrons. The van der Waals surface area contributed by atoms with Gasteiger partial charge in [-0.1, -0.05) is 13.3 Å². The third-order valence-electron chi connectivity index (χ3n) is 3.50. The molecule has 0 unspecified atom stereocenters. The normalized spacial score (nSPS) is 11.3. The van der Waals surface area contributed by atoms with Crippen molar-refractivity contribution in [3.63, 3.8) is 0 Å². The van der Waals surface area contributed by atoms with E-state index in [1.807, 2.05) is 31.2 Å². The van der Waals surface area contributed by atoms with Crippen LogP contribution in [-0.2, 0) is 14.8 Å². The van der Waals surface area contributed by atoms with Gasteiger partial charge in [0.25, 0.3) is 0 Å².